The molecule has 0 saturated carbocycles. The molecule has 1 fully saturated rings. The van der Waals surface area contributed by atoms with Gasteiger partial charge in [0.05, 0.1) is 18.2 Å². The molecule has 1 aliphatic rings. The molecule has 1 aliphatic heterocycles. The molecule has 1 amide bonds. The number of benzene rings is 1. The Hall–Kier alpha value is -1.72. The van der Waals surface area contributed by atoms with Gasteiger partial charge >= 0.3 is 0 Å². The summed E-state index contributed by atoms with van der Waals surface area (Å²) in [5, 5.41) is 2.70. The summed E-state index contributed by atoms with van der Waals surface area (Å²) in [5.41, 5.74) is 1.36. The van der Waals surface area contributed by atoms with Gasteiger partial charge in [-0.3, -0.25) is 14.5 Å². The Balaban J connectivity index is 2.05. The van der Waals surface area contributed by atoms with Crippen molar-refractivity contribution in [2.75, 3.05) is 18.4 Å². The highest BCUT2D eigenvalue weighted by atomic mass is 16.5. The molecule has 1 saturated heterocycles. The lowest BCUT2D eigenvalue weighted by atomic mass is 10.0. The smallest absolute Gasteiger partial charge is 0.221 e. The van der Waals surface area contributed by atoms with E-state index in [0.29, 0.717) is 11.3 Å². The number of carbonyl (C=O) groups excluding carboxylic acids is 2. The summed E-state index contributed by atoms with van der Waals surface area (Å²) in [6.07, 6.45) is 0.280. The van der Waals surface area contributed by atoms with E-state index in [2.05, 4.69) is 10.2 Å². The summed E-state index contributed by atoms with van der Waals surface area (Å²) in [4.78, 5) is 25.8. The van der Waals surface area contributed by atoms with Crippen LogP contribution in [-0.2, 0) is 9.53 Å². The molecule has 0 bridgehead atoms. The minimum Gasteiger partial charge on any atom is -0.373 e. The number of rotatable bonds is 4. The van der Waals surface area contributed by atoms with Crippen molar-refractivity contribution in [2.45, 2.75) is 45.9 Å². The van der Waals surface area contributed by atoms with E-state index in [1.165, 1.54) is 6.92 Å². The molecule has 2 rings (SSSR count). The maximum Gasteiger partial charge on any atom is 0.221 e. The van der Waals surface area contributed by atoms with Gasteiger partial charge in [-0.2, -0.15) is 0 Å². The van der Waals surface area contributed by atoms with Crippen LogP contribution in [0.25, 0.3) is 0 Å². The van der Waals surface area contributed by atoms with Gasteiger partial charge in [-0.05, 0) is 45.0 Å². The van der Waals surface area contributed by atoms with E-state index in [0.717, 1.165) is 13.1 Å². The van der Waals surface area contributed by atoms with Gasteiger partial charge in [-0.1, -0.05) is 0 Å². The molecule has 0 radical (unpaired) electrons. The molecule has 3 atom stereocenters. The fourth-order valence-electron chi connectivity index (χ4n) is 2.86. The van der Waals surface area contributed by atoms with E-state index in [-0.39, 0.29) is 29.9 Å². The van der Waals surface area contributed by atoms with Crippen LogP contribution in [0.1, 0.15) is 38.1 Å². The Kier molecular flexibility index (Phi) is 5.32. The van der Waals surface area contributed by atoms with E-state index in [9.17, 15) is 9.59 Å². The van der Waals surface area contributed by atoms with Crippen LogP contribution >= 0.6 is 0 Å². The second kappa shape index (κ2) is 7.03. The second-order valence-electron chi connectivity index (χ2n) is 6.01. The number of nitrogens with one attached hydrogen (secondary N) is 1. The topological polar surface area (TPSA) is 58.6 Å². The highest BCUT2D eigenvalue weighted by molar-refractivity contribution is 6.00. The molecule has 0 aliphatic carbocycles. The van der Waals surface area contributed by atoms with Crippen molar-refractivity contribution in [3.8, 4) is 0 Å². The Morgan fingerprint density at radius 3 is 2.23 bits per heavy atom. The standard InChI is InChI=1S/C17H24N2O3/c1-11-9-19(10-12(2)22-11)13(3)17(21)15-5-7-16(8-6-15)18-14(4)20/h5-8,11-13H,9-10H2,1-4H3,(H,18,20). The van der Waals surface area contributed by atoms with Crippen molar-refractivity contribution >= 4 is 17.4 Å². The van der Waals surface area contributed by atoms with Gasteiger partial charge in [0.2, 0.25) is 5.91 Å². The van der Waals surface area contributed by atoms with Crippen molar-refractivity contribution in [3.63, 3.8) is 0 Å². The number of hydrogen-bond acceptors (Lipinski definition) is 4. The monoisotopic (exact) mass is 304 g/mol. The summed E-state index contributed by atoms with van der Waals surface area (Å²) < 4.78 is 5.71. The van der Waals surface area contributed by atoms with Crippen molar-refractivity contribution in [2.24, 2.45) is 0 Å². The fourth-order valence-corrected chi connectivity index (χ4v) is 2.86. The lowest BCUT2D eigenvalue weighted by Crippen LogP contribution is -2.51. The first-order valence-electron chi connectivity index (χ1n) is 7.68. The molecular weight excluding hydrogens is 280 g/mol. The fraction of sp³-hybridized carbons (Fsp3) is 0.529. The van der Waals surface area contributed by atoms with Crippen LogP contribution in [0.2, 0.25) is 0 Å². The number of hydrogen-bond donors (Lipinski definition) is 1. The van der Waals surface area contributed by atoms with Gasteiger partial charge in [0.25, 0.3) is 0 Å². The van der Waals surface area contributed by atoms with Crippen LogP contribution < -0.4 is 5.32 Å². The molecule has 0 aromatic heterocycles. The molecule has 1 N–H and O–H groups in total. The van der Waals surface area contributed by atoms with Crippen LogP contribution in [0.3, 0.4) is 0 Å². The number of amides is 1. The van der Waals surface area contributed by atoms with Crippen LogP contribution in [0.5, 0.6) is 0 Å². The van der Waals surface area contributed by atoms with Crippen molar-refractivity contribution in [3.05, 3.63) is 29.8 Å². The third kappa shape index (κ3) is 4.15. The third-order valence-electron chi connectivity index (χ3n) is 3.86. The predicted octanol–water partition coefficient (Wildman–Crippen LogP) is 2.33. The highest BCUT2D eigenvalue weighted by Gasteiger charge is 2.29. The maximum atomic E-state index is 12.6. The summed E-state index contributed by atoms with van der Waals surface area (Å²) in [6, 6.07) is 6.85. The zero-order valence-electron chi connectivity index (χ0n) is 13.6. The minimum absolute atomic E-state index is 0.0932. The largest absolute Gasteiger partial charge is 0.373 e. The Morgan fingerprint density at radius 1 is 1.18 bits per heavy atom. The lowest BCUT2D eigenvalue weighted by Gasteiger charge is -2.38. The SMILES string of the molecule is CC(=O)Nc1ccc(C(=O)C(C)N2CC(C)OC(C)C2)cc1. The van der Waals surface area contributed by atoms with Gasteiger partial charge in [-0.25, -0.2) is 0 Å². The Bertz CT molecular complexity index is 531. The highest BCUT2D eigenvalue weighted by Crippen LogP contribution is 2.18. The number of ether oxygens (including phenoxy) is 1. The van der Waals surface area contributed by atoms with E-state index in [1.54, 1.807) is 24.3 Å². The average Bonchev–Trinajstić information content (AvgIpc) is 2.45. The van der Waals surface area contributed by atoms with Gasteiger partial charge in [0.15, 0.2) is 5.78 Å². The number of Topliss-reactive ketones (excluding diaryl/α,β-unsaturated/α-hetero) is 1. The van der Waals surface area contributed by atoms with Gasteiger partial charge < -0.3 is 10.1 Å². The first kappa shape index (κ1) is 16.6. The molecule has 1 heterocycles. The normalized spacial score (nSPS) is 23.8. The minimum atomic E-state index is -0.180. The first-order valence-corrected chi connectivity index (χ1v) is 7.68. The molecule has 3 unspecified atom stereocenters. The van der Waals surface area contributed by atoms with Gasteiger partial charge in [0.1, 0.15) is 0 Å². The quantitative estimate of drug-likeness (QED) is 0.867. The molecule has 22 heavy (non-hydrogen) atoms. The number of anilines is 1. The molecule has 5 heteroatoms. The van der Waals surface area contributed by atoms with E-state index in [1.807, 2.05) is 20.8 Å². The van der Waals surface area contributed by atoms with Gasteiger partial charge in [-0.15, -0.1) is 0 Å². The summed E-state index contributed by atoms with van der Waals surface area (Å²) in [6.45, 7) is 8.99. The van der Waals surface area contributed by atoms with Crippen molar-refractivity contribution in [1.29, 1.82) is 0 Å². The molecule has 0 spiro atoms. The van der Waals surface area contributed by atoms with Crippen molar-refractivity contribution in [1.82, 2.24) is 4.90 Å². The Labute approximate surface area is 131 Å². The lowest BCUT2D eigenvalue weighted by molar-refractivity contribution is -0.114. The first-order chi connectivity index (χ1) is 10.4. The predicted molar refractivity (Wildman–Crippen MR) is 86.1 cm³/mol. The summed E-state index contributed by atoms with van der Waals surface area (Å²) >= 11 is 0. The van der Waals surface area contributed by atoms with Crippen LogP contribution in [-0.4, -0.2) is 47.9 Å². The number of nitrogens with zero attached hydrogens (tertiary/aromatic N) is 1. The Morgan fingerprint density at radius 2 is 1.73 bits per heavy atom. The molecule has 5 nitrogen and oxygen atoms in total. The van der Waals surface area contributed by atoms with E-state index < -0.39 is 0 Å². The molecule has 1 aromatic rings. The summed E-state index contributed by atoms with van der Waals surface area (Å²) in [7, 11) is 0. The number of morpholine rings is 1. The van der Waals surface area contributed by atoms with Crippen LogP contribution in [0.4, 0.5) is 5.69 Å². The second-order valence-corrected chi connectivity index (χ2v) is 6.01. The number of carbonyl (C=O) groups is 2. The average molecular weight is 304 g/mol. The number of ketones is 1. The summed E-state index contributed by atoms with van der Waals surface area (Å²) in [5.74, 6) is -0.0283. The molecule has 1 aromatic carbocycles. The maximum absolute atomic E-state index is 12.6. The molecule has 120 valence electrons. The molecular formula is C17H24N2O3. The zero-order chi connectivity index (χ0) is 16.3. The van der Waals surface area contributed by atoms with E-state index >= 15 is 0 Å². The van der Waals surface area contributed by atoms with Crippen LogP contribution in [0.15, 0.2) is 24.3 Å². The van der Waals surface area contributed by atoms with Crippen LogP contribution in [0, 0.1) is 0 Å². The van der Waals surface area contributed by atoms with Crippen molar-refractivity contribution < 1.29 is 14.3 Å². The third-order valence-corrected chi connectivity index (χ3v) is 3.86. The van der Waals surface area contributed by atoms with E-state index in [4.69, 9.17) is 4.74 Å². The van der Waals surface area contributed by atoms with Gasteiger partial charge in [0, 0.05) is 31.3 Å². The zero-order valence-corrected chi connectivity index (χ0v) is 13.6.